The molecule has 3 atom stereocenters. The Kier molecular flexibility index (Phi) is 4.01. The minimum atomic E-state index is -0.543. The van der Waals surface area contributed by atoms with Crippen LogP contribution in [0.5, 0.6) is 0 Å². The number of hydrogen-bond donors (Lipinski definition) is 0. The molecule has 1 fully saturated rings. The number of carbonyl (C=O) groups excluding carboxylic acids is 1. The molecule has 0 aromatic heterocycles. The van der Waals surface area contributed by atoms with Gasteiger partial charge in [0.15, 0.2) is 0 Å². The zero-order chi connectivity index (χ0) is 14.3. The molecule has 0 aromatic rings. The summed E-state index contributed by atoms with van der Waals surface area (Å²) >= 11 is 0. The van der Waals surface area contributed by atoms with Crippen LogP contribution in [0.1, 0.15) is 41.5 Å². The van der Waals surface area contributed by atoms with Crippen molar-refractivity contribution in [3.05, 3.63) is 0 Å². The summed E-state index contributed by atoms with van der Waals surface area (Å²) in [5.41, 5.74) is -0.298. The summed E-state index contributed by atoms with van der Waals surface area (Å²) in [6, 6.07) is 0.279. The Morgan fingerprint density at radius 3 is 1.89 bits per heavy atom. The maximum atomic E-state index is 11.5. The number of carbonyl (C=O) groups is 1. The number of ether oxygens (including phenoxy) is 2. The summed E-state index contributed by atoms with van der Waals surface area (Å²) in [5.74, 6) is 0. The van der Waals surface area contributed by atoms with E-state index in [9.17, 15) is 4.79 Å². The van der Waals surface area contributed by atoms with Crippen molar-refractivity contribution >= 4 is 6.16 Å². The van der Waals surface area contributed by atoms with Gasteiger partial charge in [-0.25, -0.2) is 4.79 Å². The van der Waals surface area contributed by atoms with E-state index in [1.54, 1.807) is 0 Å². The van der Waals surface area contributed by atoms with Gasteiger partial charge in [-0.15, -0.1) is 0 Å². The molecule has 1 rings (SSSR count). The van der Waals surface area contributed by atoms with Crippen LogP contribution in [0.3, 0.4) is 0 Å². The fourth-order valence-corrected chi connectivity index (χ4v) is 2.43. The molecule has 0 aromatic carbocycles. The number of nitrogens with zero attached hydrogens (tertiary/aromatic N) is 1. The maximum Gasteiger partial charge on any atom is 0.509 e. The fourth-order valence-electron chi connectivity index (χ4n) is 2.43. The largest absolute Gasteiger partial charge is 0.509 e. The predicted molar refractivity (Wildman–Crippen MR) is 71.5 cm³/mol. The van der Waals surface area contributed by atoms with Crippen LogP contribution in [0.4, 0.5) is 4.79 Å². The van der Waals surface area contributed by atoms with E-state index < -0.39 is 6.16 Å². The molecule has 0 spiro atoms. The molecule has 0 radical (unpaired) electrons. The Hall–Kier alpha value is -0.770. The molecule has 0 amide bonds. The molecule has 18 heavy (non-hydrogen) atoms. The second-order valence-electron chi connectivity index (χ2n) is 7.15. The average molecular weight is 257 g/mol. The van der Waals surface area contributed by atoms with E-state index in [0.29, 0.717) is 0 Å². The number of rotatable bonds is 3. The van der Waals surface area contributed by atoms with Crippen molar-refractivity contribution in [3.63, 3.8) is 0 Å². The summed E-state index contributed by atoms with van der Waals surface area (Å²) in [4.78, 5) is 13.6. The van der Waals surface area contributed by atoms with Gasteiger partial charge in [-0.2, -0.15) is 0 Å². The predicted octanol–water partition coefficient (Wildman–Crippen LogP) is 2.91. The monoisotopic (exact) mass is 257 g/mol. The smallest absolute Gasteiger partial charge is 0.426 e. The molecular formula is C14H27NO3. The van der Waals surface area contributed by atoms with Gasteiger partial charge in [0.2, 0.25) is 0 Å². The Bertz CT molecular complexity index is 317. The fraction of sp³-hybridized carbons (Fsp3) is 0.929. The zero-order valence-electron chi connectivity index (χ0n) is 12.9. The van der Waals surface area contributed by atoms with Crippen LogP contribution in [0.15, 0.2) is 0 Å². The lowest BCUT2D eigenvalue weighted by Crippen LogP contribution is -2.52. The van der Waals surface area contributed by atoms with Gasteiger partial charge in [0.25, 0.3) is 0 Å². The van der Waals surface area contributed by atoms with E-state index in [1.807, 2.05) is 14.1 Å². The third kappa shape index (κ3) is 2.79. The van der Waals surface area contributed by atoms with Crippen molar-refractivity contribution < 1.29 is 14.3 Å². The van der Waals surface area contributed by atoms with Gasteiger partial charge >= 0.3 is 6.16 Å². The molecule has 106 valence electrons. The van der Waals surface area contributed by atoms with Gasteiger partial charge in [-0.05, 0) is 21.0 Å². The van der Waals surface area contributed by atoms with Crippen molar-refractivity contribution in [2.75, 3.05) is 14.1 Å². The second-order valence-corrected chi connectivity index (χ2v) is 7.15. The van der Waals surface area contributed by atoms with Gasteiger partial charge < -0.3 is 14.4 Å². The molecule has 1 aliphatic rings. The highest BCUT2D eigenvalue weighted by Crippen LogP contribution is 2.42. The third-order valence-corrected chi connectivity index (χ3v) is 4.16. The first-order valence-corrected chi connectivity index (χ1v) is 6.51. The molecule has 1 aliphatic heterocycles. The highest BCUT2D eigenvalue weighted by atomic mass is 16.8. The van der Waals surface area contributed by atoms with E-state index >= 15 is 0 Å². The molecule has 1 heterocycles. The van der Waals surface area contributed by atoms with Crippen LogP contribution in [0.25, 0.3) is 0 Å². The molecule has 0 bridgehead atoms. The molecular weight excluding hydrogens is 230 g/mol. The number of cyclic esters (lactones) is 2. The summed E-state index contributed by atoms with van der Waals surface area (Å²) in [5, 5.41) is 0. The summed E-state index contributed by atoms with van der Waals surface area (Å²) in [6.07, 6.45) is -0.969. The van der Waals surface area contributed by atoms with Crippen LogP contribution in [-0.2, 0) is 9.47 Å². The minimum absolute atomic E-state index is 0.125. The Morgan fingerprint density at radius 2 is 1.50 bits per heavy atom. The first-order valence-electron chi connectivity index (χ1n) is 6.51. The first kappa shape index (κ1) is 15.3. The lowest BCUT2D eigenvalue weighted by atomic mass is 9.71. The van der Waals surface area contributed by atoms with Gasteiger partial charge in [-0.3, -0.25) is 0 Å². The standard InChI is InChI=1S/C14H27NO3/c1-9(15(7)8)14(5,6)11-10(13(2,3)4)17-12(16)18-11/h9-11H,1-8H3. The SMILES string of the molecule is CC(N(C)C)C(C)(C)C1OC(=O)OC1C(C)(C)C. The van der Waals surface area contributed by atoms with Crippen molar-refractivity contribution in [1.82, 2.24) is 4.90 Å². The van der Waals surface area contributed by atoms with Gasteiger partial charge in [-0.1, -0.05) is 34.6 Å². The molecule has 0 saturated carbocycles. The highest BCUT2D eigenvalue weighted by Gasteiger charge is 2.53. The molecule has 4 heteroatoms. The topological polar surface area (TPSA) is 38.8 Å². The van der Waals surface area contributed by atoms with Crippen LogP contribution in [0, 0.1) is 10.8 Å². The quantitative estimate of drug-likeness (QED) is 0.729. The summed E-state index contributed by atoms with van der Waals surface area (Å²) in [7, 11) is 4.08. The van der Waals surface area contributed by atoms with E-state index in [1.165, 1.54) is 0 Å². The Morgan fingerprint density at radius 1 is 1.06 bits per heavy atom. The van der Waals surface area contributed by atoms with E-state index in [0.717, 1.165) is 0 Å². The highest BCUT2D eigenvalue weighted by molar-refractivity contribution is 5.63. The summed E-state index contributed by atoms with van der Waals surface area (Å²) < 4.78 is 10.8. The lowest BCUT2D eigenvalue weighted by molar-refractivity contribution is -0.0384. The van der Waals surface area contributed by atoms with Crippen LogP contribution < -0.4 is 0 Å². The molecule has 4 nitrogen and oxygen atoms in total. The lowest BCUT2D eigenvalue weighted by Gasteiger charge is -2.42. The van der Waals surface area contributed by atoms with Crippen molar-refractivity contribution in [2.45, 2.75) is 59.8 Å². The van der Waals surface area contributed by atoms with Crippen LogP contribution in [0.2, 0.25) is 0 Å². The molecule has 1 saturated heterocycles. The van der Waals surface area contributed by atoms with Crippen LogP contribution >= 0.6 is 0 Å². The van der Waals surface area contributed by atoms with Crippen molar-refractivity contribution in [2.24, 2.45) is 10.8 Å². The van der Waals surface area contributed by atoms with Crippen molar-refractivity contribution in [3.8, 4) is 0 Å². The summed E-state index contributed by atoms with van der Waals surface area (Å²) in [6.45, 7) is 12.6. The molecule has 0 aliphatic carbocycles. The van der Waals surface area contributed by atoms with Crippen molar-refractivity contribution in [1.29, 1.82) is 0 Å². The Balaban J connectivity index is 3.02. The minimum Gasteiger partial charge on any atom is -0.426 e. The second kappa shape index (κ2) is 4.72. The normalized spacial score (nSPS) is 27.1. The van der Waals surface area contributed by atoms with E-state index in [4.69, 9.17) is 9.47 Å². The molecule has 3 unspecified atom stereocenters. The Labute approximate surface area is 111 Å². The molecule has 0 N–H and O–H groups in total. The van der Waals surface area contributed by atoms with Crippen LogP contribution in [-0.4, -0.2) is 43.4 Å². The average Bonchev–Trinajstić information content (AvgIpc) is 2.59. The van der Waals surface area contributed by atoms with Gasteiger partial charge in [0, 0.05) is 16.9 Å². The zero-order valence-corrected chi connectivity index (χ0v) is 12.9. The maximum absolute atomic E-state index is 11.5. The van der Waals surface area contributed by atoms with E-state index in [2.05, 4.69) is 46.4 Å². The van der Waals surface area contributed by atoms with Gasteiger partial charge in [0.05, 0.1) is 0 Å². The first-order chi connectivity index (χ1) is 7.98. The number of hydrogen-bond acceptors (Lipinski definition) is 4. The van der Waals surface area contributed by atoms with Gasteiger partial charge in [0.1, 0.15) is 12.2 Å². The third-order valence-electron chi connectivity index (χ3n) is 4.16. The van der Waals surface area contributed by atoms with E-state index in [-0.39, 0.29) is 29.1 Å².